The van der Waals surface area contributed by atoms with E-state index < -0.39 is 0 Å². The van der Waals surface area contributed by atoms with Gasteiger partial charge >= 0.3 is 0 Å². The summed E-state index contributed by atoms with van der Waals surface area (Å²) in [5, 5.41) is 0. The first-order valence-corrected chi connectivity index (χ1v) is 8.94. The number of aromatic nitrogens is 2. The molecule has 0 aliphatic carbocycles. The summed E-state index contributed by atoms with van der Waals surface area (Å²) in [6.45, 7) is 3.19. The third-order valence-electron chi connectivity index (χ3n) is 4.49. The van der Waals surface area contributed by atoms with Crippen LogP contribution in [0.15, 0.2) is 48.7 Å². The van der Waals surface area contributed by atoms with Crippen LogP contribution in [0.2, 0.25) is 0 Å². The number of benzene rings is 2. The maximum atomic E-state index is 13.0. The Labute approximate surface area is 152 Å². The van der Waals surface area contributed by atoms with Gasteiger partial charge in [0, 0.05) is 6.42 Å². The Morgan fingerprint density at radius 3 is 2.73 bits per heavy atom. The lowest BCUT2D eigenvalue weighted by molar-refractivity contribution is 0.286. The second-order valence-corrected chi connectivity index (χ2v) is 6.40. The molecule has 0 saturated carbocycles. The first kappa shape index (κ1) is 16.6. The van der Waals surface area contributed by atoms with E-state index in [0.717, 1.165) is 48.7 Å². The highest BCUT2D eigenvalue weighted by Gasteiger charge is 2.21. The van der Waals surface area contributed by atoms with Crippen LogP contribution in [-0.2, 0) is 19.4 Å². The van der Waals surface area contributed by atoms with Crippen molar-refractivity contribution in [2.24, 2.45) is 0 Å². The van der Waals surface area contributed by atoms with Gasteiger partial charge in [0.2, 0.25) is 5.88 Å². The van der Waals surface area contributed by atoms with Gasteiger partial charge in [0.25, 0.3) is 0 Å². The van der Waals surface area contributed by atoms with Gasteiger partial charge in [0.05, 0.1) is 18.5 Å². The molecule has 4 nitrogen and oxygen atoms in total. The van der Waals surface area contributed by atoms with Gasteiger partial charge in [-0.15, -0.1) is 0 Å². The third kappa shape index (κ3) is 3.29. The van der Waals surface area contributed by atoms with Gasteiger partial charge in [-0.1, -0.05) is 19.1 Å². The average molecular weight is 352 g/mol. The molecule has 1 aliphatic heterocycles. The number of aryl methyl sites for hydroxylation is 2. The van der Waals surface area contributed by atoms with Crippen molar-refractivity contribution < 1.29 is 13.9 Å². The van der Waals surface area contributed by atoms with E-state index >= 15 is 0 Å². The monoisotopic (exact) mass is 352 g/mol. The van der Waals surface area contributed by atoms with Crippen LogP contribution in [-0.4, -0.2) is 16.2 Å². The van der Waals surface area contributed by atoms with Crippen molar-refractivity contribution in [1.29, 1.82) is 0 Å². The molecule has 2 heterocycles. The SMILES string of the molecule is CCCOc1ccc2c(c1)CCc1ncc(OCc3ccc(F)cc3)n1-2. The number of imidazole rings is 1. The van der Waals surface area contributed by atoms with E-state index in [9.17, 15) is 4.39 Å². The van der Waals surface area contributed by atoms with Gasteiger partial charge in [-0.2, -0.15) is 0 Å². The standard InChI is InChI=1S/C21H21FN2O2/c1-2-11-25-18-8-9-19-16(12-18)5-10-20-23-13-21(24(19)20)26-14-15-3-6-17(22)7-4-15/h3-4,6-9,12-13H,2,5,10-11,14H2,1H3. The minimum Gasteiger partial charge on any atom is -0.494 e. The molecule has 0 saturated heterocycles. The van der Waals surface area contributed by atoms with Crippen molar-refractivity contribution in [3.63, 3.8) is 0 Å². The Bertz CT molecular complexity index is 903. The molecule has 3 aromatic rings. The van der Waals surface area contributed by atoms with E-state index in [1.807, 2.05) is 6.07 Å². The van der Waals surface area contributed by atoms with Crippen LogP contribution >= 0.6 is 0 Å². The van der Waals surface area contributed by atoms with Crippen molar-refractivity contribution in [3.05, 3.63) is 71.4 Å². The second-order valence-electron chi connectivity index (χ2n) is 6.40. The predicted octanol–water partition coefficient (Wildman–Crippen LogP) is 4.48. The van der Waals surface area contributed by atoms with Gasteiger partial charge in [0.1, 0.15) is 24.0 Å². The van der Waals surface area contributed by atoms with Crippen molar-refractivity contribution >= 4 is 0 Å². The molecule has 2 aromatic carbocycles. The maximum absolute atomic E-state index is 13.0. The quantitative estimate of drug-likeness (QED) is 0.656. The van der Waals surface area contributed by atoms with E-state index in [1.165, 1.54) is 17.7 Å². The number of hydrogen-bond acceptors (Lipinski definition) is 3. The van der Waals surface area contributed by atoms with Crippen LogP contribution in [0, 0.1) is 5.82 Å². The molecular weight excluding hydrogens is 331 g/mol. The number of halogens is 1. The molecule has 0 N–H and O–H groups in total. The van der Waals surface area contributed by atoms with E-state index in [-0.39, 0.29) is 5.82 Å². The number of hydrogen-bond donors (Lipinski definition) is 0. The summed E-state index contributed by atoms with van der Waals surface area (Å²) in [5.41, 5.74) is 3.23. The molecule has 26 heavy (non-hydrogen) atoms. The molecule has 5 heteroatoms. The Morgan fingerprint density at radius 1 is 1.08 bits per heavy atom. The van der Waals surface area contributed by atoms with Crippen LogP contribution in [0.4, 0.5) is 4.39 Å². The van der Waals surface area contributed by atoms with Gasteiger partial charge < -0.3 is 9.47 Å². The molecule has 0 spiro atoms. The van der Waals surface area contributed by atoms with E-state index in [0.29, 0.717) is 12.5 Å². The van der Waals surface area contributed by atoms with Crippen LogP contribution < -0.4 is 9.47 Å². The normalized spacial score (nSPS) is 12.4. The Morgan fingerprint density at radius 2 is 1.92 bits per heavy atom. The Balaban J connectivity index is 1.57. The van der Waals surface area contributed by atoms with E-state index in [1.54, 1.807) is 18.3 Å². The van der Waals surface area contributed by atoms with Crippen molar-refractivity contribution in [2.45, 2.75) is 32.8 Å². The summed E-state index contributed by atoms with van der Waals surface area (Å²) < 4.78 is 26.8. The van der Waals surface area contributed by atoms with Gasteiger partial charge in [-0.25, -0.2) is 9.37 Å². The zero-order chi connectivity index (χ0) is 17.9. The number of nitrogens with zero attached hydrogens (tertiary/aromatic N) is 2. The van der Waals surface area contributed by atoms with Crippen LogP contribution in [0.1, 0.15) is 30.3 Å². The average Bonchev–Trinajstić information content (AvgIpc) is 3.09. The fourth-order valence-electron chi connectivity index (χ4n) is 3.18. The van der Waals surface area contributed by atoms with E-state index in [4.69, 9.17) is 9.47 Å². The molecule has 0 radical (unpaired) electrons. The molecule has 0 fully saturated rings. The fourth-order valence-corrected chi connectivity index (χ4v) is 3.18. The molecule has 0 atom stereocenters. The van der Waals surface area contributed by atoms with Gasteiger partial charge in [0.15, 0.2) is 0 Å². The van der Waals surface area contributed by atoms with Crippen molar-refractivity contribution in [1.82, 2.24) is 9.55 Å². The van der Waals surface area contributed by atoms with Crippen molar-refractivity contribution in [3.8, 4) is 17.3 Å². The highest BCUT2D eigenvalue weighted by atomic mass is 19.1. The smallest absolute Gasteiger partial charge is 0.218 e. The third-order valence-corrected chi connectivity index (χ3v) is 4.49. The van der Waals surface area contributed by atoms with Crippen LogP contribution in [0.3, 0.4) is 0 Å². The molecule has 0 amide bonds. The lowest BCUT2D eigenvalue weighted by Gasteiger charge is -2.21. The molecule has 4 rings (SSSR count). The number of ether oxygens (including phenoxy) is 2. The topological polar surface area (TPSA) is 36.3 Å². The summed E-state index contributed by atoms with van der Waals surface area (Å²) in [5.74, 6) is 2.36. The number of fused-ring (bicyclic) bond motifs is 3. The molecule has 0 unspecified atom stereocenters. The minimum absolute atomic E-state index is 0.245. The number of rotatable bonds is 6. The molecule has 1 aliphatic rings. The van der Waals surface area contributed by atoms with Crippen LogP contribution in [0.25, 0.3) is 5.69 Å². The lowest BCUT2D eigenvalue weighted by Crippen LogP contribution is -2.14. The highest BCUT2D eigenvalue weighted by molar-refractivity contribution is 5.51. The lowest BCUT2D eigenvalue weighted by atomic mass is 10.0. The molecule has 134 valence electrons. The molecule has 0 bridgehead atoms. The van der Waals surface area contributed by atoms with E-state index in [2.05, 4.69) is 28.6 Å². The summed E-state index contributed by atoms with van der Waals surface area (Å²) in [6.07, 6.45) is 4.55. The largest absolute Gasteiger partial charge is 0.494 e. The Kier molecular flexibility index (Phi) is 4.61. The first-order chi connectivity index (χ1) is 12.7. The summed E-state index contributed by atoms with van der Waals surface area (Å²) in [6, 6.07) is 12.5. The van der Waals surface area contributed by atoms with Crippen molar-refractivity contribution in [2.75, 3.05) is 6.61 Å². The predicted molar refractivity (Wildman–Crippen MR) is 97.5 cm³/mol. The summed E-state index contributed by atoms with van der Waals surface area (Å²) in [7, 11) is 0. The van der Waals surface area contributed by atoms with Gasteiger partial charge in [-0.05, 0) is 54.3 Å². The van der Waals surface area contributed by atoms with Gasteiger partial charge in [-0.3, -0.25) is 4.57 Å². The summed E-state index contributed by atoms with van der Waals surface area (Å²) in [4.78, 5) is 4.50. The molecular formula is C21H21FN2O2. The highest BCUT2D eigenvalue weighted by Crippen LogP contribution is 2.32. The minimum atomic E-state index is -0.245. The summed E-state index contributed by atoms with van der Waals surface area (Å²) >= 11 is 0. The fraction of sp³-hybridized carbons (Fsp3) is 0.286. The maximum Gasteiger partial charge on any atom is 0.218 e. The Hall–Kier alpha value is -2.82. The molecule has 1 aromatic heterocycles. The zero-order valence-electron chi connectivity index (χ0n) is 14.7. The van der Waals surface area contributed by atoms with Crippen LogP contribution in [0.5, 0.6) is 11.6 Å². The first-order valence-electron chi connectivity index (χ1n) is 8.94. The zero-order valence-corrected chi connectivity index (χ0v) is 14.7. The second kappa shape index (κ2) is 7.20.